The Morgan fingerprint density at radius 3 is 2.33 bits per heavy atom. The van der Waals surface area contributed by atoms with Gasteiger partial charge in [-0.15, -0.1) is 11.3 Å². The predicted molar refractivity (Wildman–Crippen MR) is 149 cm³/mol. The van der Waals surface area contributed by atoms with Gasteiger partial charge in [-0.05, 0) is 62.2 Å². The molecule has 0 saturated carbocycles. The number of fused-ring (bicyclic) bond motifs is 1. The first-order valence-electron chi connectivity index (χ1n) is 12.3. The van der Waals surface area contributed by atoms with Gasteiger partial charge in [0.15, 0.2) is 0 Å². The van der Waals surface area contributed by atoms with E-state index in [9.17, 15) is 14.4 Å². The largest absolute Gasteiger partial charge is 0.497 e. The van der Waals surface area contributed by atoms with E-state index in [1.54, 1.807) is 76.4 Å². The van der Waals surface area contributed by atoms with Crippen LogP contribution in [0.4, 0.5) is 0 Å². The van der Waals surface area contributed by atoms with Crippen molar-refractivity contribution in [2.75, 3.05) is 20.8 Å². The maximum atomic E-state index is 13.7. The fourth-order valence-corrected chi connectivity index (χ4v) is 5.53. The van der Waals surface area contributed by atoms with E-state index in [2.05, 4.69) is 0 Å². The van der Waals surface area contributed by atoms with Crippen LogP contribution in [0.1, 0.15) is 37.8 Å². The number of methoxy groups -OCH3 is 2. The van der Waals surface area contributed by atoms with E-state index in [1.807, 2.05) is 6.07 Å². The van der Waals surface area contributed by atoms with Crippen LogP contribution in [0.3, 0.4) is 0 Å². The van der Waals surface area contributed by atoms with Crippen molar-refractivity contribution in [3.63, 3.8) is 0 Å². The summed E-state index contributed by atoms with van der Waals surface area (Å²) in [5.74, 6) is -1.33. The van der Waals surface area contributed by atoms with Gasteiger partial charge in [-0.3, -0.25) is 9.36 Å². The van der Waals surface area contributed by atoms with Crippen molar-refractivity contribution in [2.24, 2.45) is 5.73 Å². The predicted octanol–water partition coefficient (Wildman–Crippen LogP) is 2.35. The zero-order valence-corrected chi connectivity index (χ0v) is 23.2. The lowest BCUT2D eigenvalue weighted by Crippen LogP contribution is -2.42. The van der Waals surface area contributed by atoms with E-state index >= 15 is 0 Å². The molecule has 0 aliphatic carbocycles. The van der Waals surface area contributed by atoms with Crippen molar-refractivity contribution >= 4 is 40.7 Å². The third-order valence-corrected chi connectivity index (χ3v) is 7.13. The molecule has 1 aliphatic rings. The molecule has 3 aromatic rings. The molecule has 39 heavy (non-hydrogen) atoms. The number of hydrogen-bond acceptors (Lipinski definition) is 9. The minimum atomic E-state index is -0.965. The van der Waals surface area contributed by atoms with Gasteiger partial charge in [0.2, 0.25) is 0 Å². The molecule has 2 aromatic carbocycles. The van der Waals surface area contributed by atoms with E-state index in [4.69, 9.17) is 24.7 Å². The zero-order chi connectivity index (χ0) is 28.3. The molecule has 1 atom stereocenters. The summed E-state index contributed by atoms with van der Waals surface area (Å²) in [6.45, 7) is 5.19. The number of nitrogens with two attached hydrogens (primary N) is 1. The maximum absolute atomic E-state index is 13.7. The van der Waals surface area contributed by atoms with Gasteiger partial charge >= 0.3 is 11.9 Å². The molecule has 204 valence electrons. The summed E-state index contributed by atoms with van der Waals surface area (Å²) >= 11 is 1.09. The summed E-state index contributed by atoms with van der Waals surface area (Å²) in [6, 6.07) is 14.2. The van der Waals surface area contributed by atoms with Gasteiger partial charge in [0.05, 0.1) is 48.5 Å². The highest BCUT2D eigenvalue weighted by molar-refractivity contribution is 7.07. The Bertz CT molecular complexity index is 1630. The monoisotopic (exact) mass is 550 g/mol. The fourth-order valence-electron chi connectivity index (χ4n) is 4.37. The van der Waals surface area contributed by atoms with Gasteiger partial charge in [0.1, 0.15) is 22.0 Å². The second kappa shape index (κ2) is 11.6. The van der Waals surface area contributed by atoms with Crippen molar-refractivity contribution in [2.45, 2.75) is 32.8 Å². The van der Waals surface area contributed by atoms with Gasteiger partial charge < -0.3 is 24.7 Å². The molecule has 2 N–H and O–H groups in total. The number of carbonyl (C=O) groups is 2. The highest BCUT2D eigenvalue weighted by Gasteiger charge is 2.40. The van der Waals surface area contributed by atoms with Crippen molar-refractivity contribution in [1.29, 1.82) is 0 Å². The van der Waals surface area contributed by atoms with E-state index in [1.165, 1.54) is 11.7 Å². The number of rotatable bonds is 8. The summed E-state index contributed by atoms with van der Waals surface area (Å²) in [6.07, 6.45) is 1.23. The number of ether oxygens (including phenoxy) is 4. The minimum Gasteiger partial charge on any atom is -0.497 e. The molecular weight excluding hydrogens is 520 g/mol. The van der Waals surface area contributed by atoms with E-state index in [0.29, 0.717) is 21.6 Å². The molecule has 4 rings (SSSR count). The number of carbonyl (C=O) groups excluding carboxylic acids is 2. The number of thiazole rings is 1. The van der Waals surface area contributed by atoms with Crippen molar-refractivity contribution < 1.29 is 28.5 Å². The number of esters is 2. The molecule has 0 spiro atoms. The lowest BCUT2D eigenvalue weighted by atomic mass is 9.83. The fraction of sp³-hybridized carbons (Fsp3) is 0.276. The SMILES string of the molecule is CCOC(=O)C1=C(N)n2c(s/c(=C/c3cccc(OC)c3)c2=O)=C(C(=O)OC(C)C)C1c1cccc(OC)c1. The Morgan fingerprint density at radius 1 is 1.03 bits per heavy atom. The molecule has 9 nitrogen and oxygen atoms in total. The van der Waals surface area contributed by atoms with E-state index in [0.717, 1.165) is 16.9 Å². The Hall–Kier alpha value is -4.31. The average molecular weight is 551 g/mol. The maximum Gasteiger partial charge on any atom is 0.338 e. The van der Waals surface area contributed by atoms with Crippen LogP contribution in [0, 0.1) is 0 Å². The molecule has 10 heteroatoms. The Kier molecular flexibility index (Phi) is 8.25. The van der Waals surface area contributed by atoms with Gasteiger partial charge in [-0.1, -0.05) is 24.3 Å². The van der Waals surface area contributed by atoms with E-state index in [-0.39, 0.29) is 28.2 Å². The Labute approximate surface area is 229 Å². The first kappa shape index (κ1) is 27.7. The first-order valence-corrected chi connectivity index (χ1v) is 13.2. The van der Waals surface area contributed by atoms with Crippen molar-refractivity contribution in [3.05, 3.63) is 84.8 Å². The normalized spacial score (nSPS) is 15.3. The molecule has 0 fully saturated rings. The summed E-state index contributed by atoms with van der Waals surface area (Å²) in [5, 5.41) is 0. The molecule has 1 aliphatic heterocycles. The summed E-state index contributed by atoms with van der Waals surface area (Å²) in [4.78, 5) is 40.7. The smallest absolute Gasteiger partial charge is 0.338 e. The molecule has 1 unspecified atom stereocenters. The molecule has 1 aromatic heterocycles. The number of benzene rings is 2. The lowest BCUT2D eigenvalue weighted by molar-refractivity contribution is -0.140. The number of nitrogens with zero attached hydrogens (tertiary/aromatic N) is 1. The van der Waals surface area contributed by atoms with E-state index < -0.39 is 29.5 Å². The van der Waals surface area contributed by atoms with Crippen LogP contribution < -0.4 is 30.0 Å². The summed E-state index contributed by atoms with van der Waals surface area (Å²) in [5.41, 5.74) is 7.44. The second-order valence-corrected chi connectivity index (χ2v) is 9.96. The standard InChI is InChI=1S/C29H30N2O7S/c1-6-37-28(33)23-22(18-10-8-12-20(15-18)36-5)24(29(34)38-16(2)3)27-31(25(23)30)26(32)21(39-27)14-17-9-7-11-19(13-17)35-4/h7-16,22H,6,30H2,1-5H3/b21-14+. The molecule has 0 saturated heterocycles. The molecule has 0 amide bonds. The highest BCUT2D eigenvalue weighted by atomic mass is 32.1. The lowest BCUT2D eigenvalue weighted by Gasteiger charge is -2.27. The average Bonchev–Trinajstić information content (AvgIpc) is 3.23. The topological polar surface area (TPSA) is 119 Å². The molecular formula is C29H30N2O7S. The van der Waals surface area contributed by atoms with Crippen LogP contribution in [0.5, 0.6) is 11.5 Å². The molecule has 0 radical (unpaired) electrons. The summed E-state index contributed by atoms with van der Waals surface area (Å²) < 4.78 is 23.4. The van der Waals surface area contributed by atoms with Gasteiger partial charge in [-0.25, -0.2) is 9.59 Å². The van der Waals surface area contributed by atoms with Crippen LogP contribution in [0.15, 0.2) is 58.9 Å². The second-order valence-electron chi connectivity index (χ2n) is 8.93. The third-order valence-electron chi connectivity index (χ3n) is 6.02. The van der Waals surface area contributed by atoms with Gasteiger partial charge in [0.25, 0.3) is 5.56 Å². The van der Waals surface area contributed by atoms with Crippen LogP contribution >= 0.6 is 11.3 Å². The van der Waals surface area contributed by atoms with Crippen LogP contribution in [0.25, 0.3) is 17.5 Å². The Morgan fingerprint density at radius 2 is 1.69 bits per heavy atom. The quantitative estimate of drug-likeness (QED) is 0.425. The number of hydrogen-bond donors (Lipinski definition) is 1. The van der Waals surface area contributed by atoms with Crippen LogP contribution in [-0.2, 0) is 19.1 Å². The molecule has 0 bridgehead atoms. The first-order chi connectivity index (χ1) is 18.7. The van der Waals surface area contributed by atoms with Crippen LogP contribution in [0.2, 0.25) is 0 Å². The third kappa shape index (κ3) is 5.46. The highest BCUT2D eigenvalue weighted by Crippen LogP contribution is 2.39. The zero-order valence-electron chi connectivity index (χ0n) is 22.3. The Balaban J connectivity index is 2.11. The number of aromatic nitrogens is 1. The van der Waals surface area contributed by atoms with Gasteiger partial charge in [0, 0.05) is 0 Å². The van der Waals surface area contributed by atoms with Crippen molar-refractivity contribution in [3.8, 4) is 11.5 Å². The van der Waals surface area contributed by atoms with Crippen LogP contribution in [-0.4, -0.2) is 43.4 Å². The van der Waals surface area contributed by atoms with Gasteiger partial charge in [-0.2, -0.15) is 0 Å². The molecule has 2 heterocycles. The summed E-state index contributed by atoms with van der Waals surface area (Å²) in [7, 11) is 3.08. The van der Waals surface area contributed by atoms with Crippen molar-refractivity contribution in [1.82, 2.24) is 4.57 Å². The minimum absolute atomic E-state index is 0.0267.